The van der Waals surface area contributed by atoms with Crippen LogP contribution in [0.3, 0.4) is 0 Å². The lowest BCUT2D eigenvalue weighted by atomic mass is 10.0. The molecule has 1 aromatic heterocycles. The van der Waals surface area contributed by atoms with E-state index in [1.54, 1.807) is 6.07 Å². The van der Waals surface area contributed by atoms with Gasteiger partial charge >= 0.3 is 0 Å². The molecule has 84 valence electrons. The first-order chi connectivity index (χ1) is 7.57. The molecule has 0 aliphatic carbocycles. The fourth-order valence-electron chi connectivity index (χ4n) is 1.72. The number of furan rings is 1. The maximum Gasteiger partial charge on any atom is 0.167 e. The molecule has 0 fully saturated rings. The SMILES string of the molecule is COc1c(C(C)=O)c(O)c(N)c2occc12. The highest BCUT2D eigenvalue weighted by Gasteiger charge is 2.22. The lowest BCUT2D eigenvalue weighted by molar-refractivity contribution is 0.101. The number of methoxy groups -OCH3 is 1. The molecule has 1 aromatic carbocycles. The van der Waals surface area contributed by atoms with Gasteiger partial charge in [-0.2, -0.15) is 0 Å². The predicted octanol–water partition coefficient (Wildman–Crippen LogP) is 1.93. The molecule has 16 heavy (non-hydrogen) atoms. The van der Waals surface area contributed by atoms with Gasteiger partial charge < -0.3 is 20.0 Å². The zero-order valence-electron chi connectivity index (χ0n) is 8.90. The average Bonchev–Trinajstić information content (AvgIpc) is 2.71. The largest absolute Gasteiger partial charge is 0.505 e. The lowest BCUT2D eigenvalue weighted by Gasteiger charge is -2.11. The van der Waals surface area contributed by atoms with E-state index in [1.165, 1.54) is 20.3 Å². The standard InChI is InChI=1S/C11H11NO4/c1-5(13)7-9(14)8(12)11-6(3-4-16-11)10(7)15-2/h3-4,14H,12H2,1-2H3. The van der Waals surface area contributed by atoms with Crippen molar-refractivity contribution in [2.45, 2.75) is 6.92 Å². The molecule has 0 unspecified atom stereocenters. The van der Waals surface area contributed by atoms with Gasteiger partial charge in [0.25, 0.3) is 0 Å². The molecule has 2 rings (SSSR count). The van der Waals surface area contributed by atoms with Crippen LogP contribution in [0.25, 0.3) is 11.0 Å². The molecule has 0 saturated heterocycles. The van der Waals surface area contributed by atoms with E-state index in [-0.39, 0.29) is 28.5 Å². The number of fused-ring (bicyclic) bond motifs is 1. The number of hydrogen-bond acceptors (Lipinski definition) is 5. The van der Waals surface area contributed by atoms with Crippen molar-refractivity contribution in [1.82, 2.24) is 0 Å². The molecule has 1 heterocycles. The van der Waals surface area contributed by atoms with Gasteiger partial charge in [-0.3, -0.25) is 4.79 Å². The molecule has 3 N–H and O–H groups in total. The van der Waals surface area contributed by atoms with Crippen LogP contribution in [-0.4, -0.2) is 18.0 Å². The third-order valence-corrected chi connectivity index (χ3v) is 2.43. The zero-order valence-corrected chi connectivity index (χ0v) is 8.90. The van der Waals surface area contributed by atoms with Gasteiger partial charge in [0.15, 0.2) is 17.1 Å². The van der Waals surface area contributed by atoms with Crippen molar-refractivity contribution in [3.05, 3.63) is 17.9 Å². The second kappa shape index (κ2) is 3.44. The number of nitrogens with two attached hydrogens (primary N) is 1. The van der Waals surface area contributed by atoms with E-state index >= 15 is 0 Å². The highest BCUT2D eigenvalue weighted by atomic mass is 16.5. The van der Waals surface area contributed by atoms with Crippen LogP contribution < -0.4 is 10.5 Å². The van der Waals surface area contributed by atoms with Gasteiger partial charge in [0.2, 0.25) is 0 Å². The van der Waals surface area contributed by atoms with Gasteiger partial charge in [-0.05, 0) is 13.0 Å². The van der Waals surface area contributed by atoms with E-state index in [9.17, 15) is 9.90 Å². The van der Waals surface area contributed by atoms with Crippen LogP contribution in [0.5, 0.6) is 11.5 Å². The number of ketones is 1. The predicted molar refractivity (Wildman–Crippen MR) is 58.8 cm³/mol. The Bertz CT molecular complexity index is 571. The normalized spacial score (nSPS) is 10.6. The maximum atomic E-state index is 11.4. The summed E-state index contributed by atoms with van der Waals surface area (Å²) in [5, 5.41) is 10.4. The molecule has 0 amide bonds. The third kappa shape index (κ3) is 1.21. The minimum atomic E-state index is -0.316. The molecule has 0 saturated carbocycles. The van der Waals surface area contributed by atoms with Crippen molar-refractivity contribution in [3.8, 4) is 11.5 Å². The Labute approximate surface area is 91.4 Å². The van der Waals surface area contributed by atoms with Crippen molar-refractivity contribution in [3.63, 3.8) is 0 Å². The third-order valence-electron chi connectivity index (χ3n) is 2.43. The summed E-state index contributed by atoms with van der Waals surface area (Å²) in [6.07, 6.45) is 1.42. The minimum Gasteiger partial charge on any atom is -0.505 e. The minimum absolute atomic E-state index is 0.0472. The van der Waals surface area contributed by atoms with Gasteiger partial charge in [-0.25, -0.2) is 0 Å². The summed E-state index contributed by atoms with van der Waals surface area (Å²) in [5.41, 5.74) is 6.12. The number of ether oxygens (including phenoxy) is 1. The fourth-order valence-corrected chi connectivity index (χ4v) is 1.72. The topological polar surface area (TPSA) is 85.7 Å². The summed E-state index contributed by atoms with van der Waals surface area (Å²) in [6, 6.07) is 1.64. The maximum absolute atomic E-state index is 11.4. The first-order valence-corrected chi connectivity index (χ1v) is 4.64. The molecule has 5 nitrogen and oxygen atoms in total. The number of anilines is 1. The van der Waals surface area contributed by atoms with Crippen LogP contribution in [0.4, 0.5) is 5.69 Å². The van der Waals surface area contributed by atoms with Crippen LogP contribution in [-0.2, 0) is 0 Å². The Kier molecular flexibility index (Phi) is 2.23. The molecular formula is C11H11NO4. The first kappa shape index (κ1) is 10.4. The molecule has 0 atom stereocenters. The molecular weight excluding hydrogens is 210 g/mol. The first-order valence-electron chi connectivity index (χ1n) is 4.64. The van der Waals surface area contributed by atoms with Crippen molar-refractivity contribution >= 4 is 22.4 Å². The number of nitrogen functional groups attached to an aromatic ring is 1. The number of aromatic hydroxyl groups is 1. The number of carbonyl (C=O) groups excluding carboxylic acids is 1. The monoisotopic (exact) mass is 221 g/mol. The van der Waals surface area contributed by atoms with E-state index in [2.05, 4.69) is 0 Å². The van der Waals surface area contributed by atoms with E-state index in [0.29, 0.717) is 11.0 Å². The summed E-state index contributed by atoms with van der Waals surface area (Å²) >= 11 is 0. The second-order valence-electron chi connectivity index (χ2n) is 3.39. The Morgan fingerprint density at radius 2 is 2.25 bits per heavy atom. The van der Waals surface area contributed by atoms with Gasteiger partial charge in [-0.1, -0.05) is 0 Å². The number of benzene rings is 1. The van der Waals surface area contributed by atoms with Crippen LogP contribution in [0.15, 0.2) is 16.7 Å². The molecule has 2 aromatic rings. The number of carbonyl (C=O) groups is 1. The highest BCUT2D eigenvalue weighted by molar-refractivity contribution is 6.10. The molecule has 0 radical (unpaired) electrons. The van der Waals surface area contributed by atoms with E-state index in [4.69, 9.17) is 14.9 Å². The molecule has 0 aliphatic heterocycles. The quantitative estimate of drug-likeness (QED) is 0.459. The Morgan fingerprint density at radius 1 is 1.56 bits per heavy atom. The fraction of sp³-hybridized carbons (Fsp3) is 0.182. The van der Waals surface area contributed by atoms with Crippen LogP contribution >= 0.6 is 0 Å². The number of hydrogen-bond donors (Lipinski definition) is 2. The van der Waals surface area contributed by atoms with Crippen LogP contribution in [0, 0.1) is 0 Å². The molecule has 0 aliphatic rings. The Morgan fingerprint density at radius 3 is 2.81 bits per heavy atom. The smallest absolute Gasteiger partial charge is 0.167 e. The summed E-state index contributed by atoms with van der Waals surface area (Å²) in [5.74, 6) is -0.334. The summed E-state index contributed by atoms with van der Waals surface area (Å²) < 4.78 is 10.2. The van der Waals surface area contributed by atoms with Crippen molar-refractivity contribution in [2.75, 3.05) is 12.8 Å². The number of rotatable bonds is 2. The van der Waals surface area contributed by atoms with Crippen LogP contribution in [0.2, 0.25) is 0 Å². The van der Waals surface area contributed by atoms with Gasteiger partial charge in [-0.15, -0.1) is 0 Å². The lowest BCUT2D eigenvalue weighted by Crippen LogP contribution is -2.01. The number of Topliss-reactive ketones (excluding diaryl/α,β-unsaturated/α-hetero) is 1. The Balaban J connectivity index is 2.97. The van der Waals surface area contributed by atoms with Gasteiger partial charge in [0.05, 0.1) is 18.8 Å². The number of phenols is 1. The van der Waals surface area contributed by atoms with Gasteiger partial charge in [0, 0.05) is 0 Å². The van der Waals surface area contributed by atoms with E-state index < -0.39 is 0 Å². The molecule has 0 spiro atoms. The molecule has 0 bridgehead atoms. The number of phenolic OH excluding ortho intramolecular Hbond substituents is 1. The summed E-state index contributed by atoms with van der Waals surface area (Å²) in [4.78, 5) is 11.4. The zero-order chi connectivity index (χ0) is 11.9. The second-order valence-corrected chi connectivity index (χ2v) is 3.39. The highest BCUT2D eigenvalue weighted by Crippen LogP contribution is 2.42. The van der Waals surface area contributed by atoms with Gasteiger partial charge in [0.1, 0.15) is 17.0 Å². The van der Waals surface area contributed by atoms with E-state index in [0.717, 1.165) is 0 Å². The average molecular weight is 221 g/mol. The van der Waals surface area contributed by atoms with Crippen molar-refractivity contribution in [2.24, 2.45) is 0 Å². The van der Waals surface area contributed by atoms with Crippen molar-refractivity contribution in [1.29, 1.82) is 0 Å². The Hall–Kier alpha value is -2.17. The molecule has 5 heteroatoms. The summed E-state index contributed by atoms with van der Waals surface area (Å²) in [7, 11) is 1.42. The van der Waals surface area contributed by atoms with Crippen LogP contribution in [0.1, 0.15) is 17.3 Å². The van der Waals surface area contributed by atoms with Crippen molar-refractivity contribution < 1.29 is 19.1 Å². The summed E-state index contributed by atoms with van der Waals surface area (Å²) in [6.45, 7) is 1.34. The van der Waals surface area contributed by atoms with E-state index in [1.807, 2.05) is 0 Å².